The van der Waals surface area contributed by atoms with E-state index in [0.29, 0.717) is 17.5 Å². The van der Waals surface area contributed by atoms with Crippen molar-refractivity contribution >= 4 is 18.3 Å². The number of aliphatic carboxylic acids is 1. The molecule has 0 radical (unpaired) electrons. The third kappa shape index (κ3) is 2.86. The highest BCUT2D eigenvalue weighted by Crippen LogP contribution is 2.00. The smallest absolute Gasteiger partial charge is 0.328 e. The van der Waals surface area contributed by atoms with E-state index < -0.39 is 5.97 Å². The average molecular weight is 177 g/mol. The van der Waals surface area contributed by atoms with Crippen LogP contribution in [0.2, 0.25) is 0 Å². The Balaban J connectivity index is 2.80. The van der Waals surface area contributed by atoms with Crippen LogP contribution in [0.3, 0.4) is 0 Å². The van der Waals surface area contributed by atoms with E-state index in [2.05, 4.69) is 4.98 Å². The second-order valence-corrected chi connectivity index (χ2v) is 2.31. The van der Waals surface area contributed by atoms with E-state index in [0.717, 1.165) is 6.08 Å². The van der Waals surface area contributed by atoms with Crippen LogP contribution < -0.4 is 0 Å². The number of carboxylic acids is 1. The van der Waals surface area contributed by atoms with Gasteiger partial charge in [-0.3, -0.25) is 9.78 Å². The Labute approximate surface area is 74.5 Å². The van der Waals surface area contributed by atoms with Gasteiger partial charge in [-0.1, -0.05) is 6.07 Å². The van der Waals surface area contributed by atoms with Crippen LogP contribution in [0.25, 0.3) is 6.08 Å². The molecule has 0 saturated carbocycles. The second-order valence-electron chi connectivity index (χ2n) is 2.31. The second kappa shape index (κ2) is 4.15. The molecule has 0 fully saturated rings. The summed E-state index contributed by atoms with van der Waals surface area (Å²) in [6, 6.07) is 3.14. The van der Waals surface area contributed by atoms with Crippen LogP contribution >= 0.6 is 0 Å². The summed E-state index contributed by atoms with van der Waals surface area (Å²) in [5.74, 6) is -1.01. The molecule has 1 heterocycles. The minimum absolute atomic E-state index is 0.326. The first-order valence-corrected chi connectivity index (χ1v) is 3.54. The molecule has 0 aliphatic heterocycles. The number of nitrogens with zero attached hydrogens (tertiary/aromatic N) is 1. The molecule has 0 atom stereocenters. The Hall–Kier alpha value is -1.97. The van der Waals surface area contributed by atoms with Gasteiger partial charge >= 0.3 is 5.97 Å². The van der Waals surface area contributed by atoms with Crippen LogP contribution in [-0.2, 0) is 4.79 Å². The molecule has 4 nitrogen and oxygen atoms in total. The number of hydrogen-bond donors (Lipinski definition) is 1. The topological polar surface area (TPSA) is 67.3 Å². The highest BCUT2D eigenvalue weighted by Gasteiger charge is 1.91. The SMILES string of the molecule is O=Cc1ccc(C=CC(=O)O)cn1. The van der Waals surface area contributed by atoms with Crippen molar-refractivity contribution in [3.05, 3.63) is 35.7 Å². The number of hydrogen-bond acceptors (Lipinski definition) is 3. The molecule has 0 aliphatic rings. The number of carbonyl (C=O) groups is 2. The fraction of sp³-hybridized carbons (Fsp3) is 0. The van der Waals surface area contributed by atoms with Gasteiger partial charge in [-0.2, -0.15) is 0 Å². The molecule has 1 aromatic rings. The maximum absolute atomic E-state index is 10.2. The summed E-state index contributed by atoms with van der Waals surface area (Å²) in [6.45, 7) is 0. The standard InChI is InChI=1S/C9H7NO3/c11-6-8-3-1-7(5-10-8)2-4-9(12)13/h1-6H,(H,12,13). The van der Waals surface area contributed by atoms with Crippen molar-refractivity contribution < 1.29 is 14.7 Å². The minimum Gasteiger partial charge on any atom is -0.478 e. The third-order valence-corrected chi connectivity index (χ3v) is 1.35. The van der Waals surface area contributed by atoms with Gasteiger partial charge in [-0.05, 0) is 17.7 Å². The van der Waals surface area contributed by atoms with Crippen LogP contribution in [0.15, 0.2) is 24.4 Å². The molecule has 1 N–H and O–H groups in total. The lowest BCUT2D eigenvalue weighted by atomic mass is 10.2. The maximum Gasteiger partial charge on any atom is 0.328 e. The molecule has 0 spiro atoms. The first-order valence-electron chi connectivity index (χ1n) is 3.54. The zero-order valence-corrected chi connectivity index (χ0v) is 6.68. The van der Waals surface area contributed by atoms with Crippen molar-refractivity contribution in [2.24, 2.45) is 0 Å². The molecular weight excluding hydrogens is 170 g/mol. The number of aromatic nitrogens is 1. The molecule has 0 saturated heterocycles. The molecule has 0 bridgehead atoms. The highest BCUT2D eigenvalue weighted by molar-refractivity contribution is 5.85. The Morgan fingerprint density at radius 3 is 2.69 bits per heavy atom. The summed E-state index contributed by atoms with van der Waals surface area (Å²) in [7, 11) is 0. The maximum atomic E-state index is 10.2. The van der Waals surface area contributed by atoms with E-state index in [9.17, 15) is 9.59 Å². The summed E-state index contributed by atoms with van der Waals surface area (Å²) in [5.41, 5.74) is 0.973. The predicted octanol–water partition coefficient (Wildman–Crippen LogP) is 0.992. The average Bonchev–Trinajstić information content (AvgIpc) is 2.15. The number of aldehydes is 1. The molecule has 1 rings (SSSR count). The molecule has 4 heteroatoms. The summed E-state index contributed by atoms with van der Waals surface area (Å²) >= 11 is 0. The first-order chi connectivity index (χ1) is 6.22. The van der Waals surface area contributed by atoms with Gasteiger partial charge in [-0.15, -0.1) is 0 Å². The third-order valence-electron chi connectivity index (χ3n) is 1.35. The summed E-state index contributed by atoms with van der Waals surface area (Å²) < 4.78 is 0. The fourth-order valence-electron chi connectivity index (χ4n) is 0.753. The lowest BCUT2D eigenvalue weighted by molar-refractivity contribution is -0.131. The summed E-state index contributed by atoms with van der Waals surface area (Å²) in [6.07, 6.45) is 4.48. The zero-order chi connectivity index (χ0) is 9.68. The fourth-order valence-corrected chi connectivity index (χ4v) is 0.753. The van der Waals surface area contributed by atoms with Gasteiger partial charge in [0.2, 0.25) is 0 Å². The van der Waals surface area contributed by atoms with Gasteiger partial charge in [0.15, 0.2) is 6.29 Å². The lowest BCUT2D eigenvalue weighted by Crippen LogP contribution is -1.88. The molecule has 0 aliphatic carbocycles. The van der Waals surface area contributed by atoms with Gasteiger partial charge in [0.05, 0.1) is 0 Å². The van der Waals surface area contributed by atoms with Crippen molar-refractivity contribution in [2.75, 3.05) is 0 Å². The molecule has 66 valence electrons. The minimum atomic E-state index is -1.01. The highest BCUT2D eigenvalue weighted by atomic mass is 16.4. The molecule has 1 aromatic heterocycles. The number of pyridine rings is 1. The van der Waals surface area contributed by atoms with Crippen molar-refractivity contribution in [1.82, 2.24) is 4.98 Å². The van der Waals surface area contributed by atoms with Gasteiger partial charge in [-0.25, -0.2) is 4.79 Å². The van der Waals surface area contributed by atoms with Gasteiger partial charge in [0.25, 0.3) is 0 Å². The van der Waals surface area contributed by atoms with Crippen LogP contribution in [-0.4, -0.2) is 22.3 Å². The first kappa shape index (κ1) is 9.12. The van der Waals surface area contributed by atoms with E-state index in [-0.39, 0.29) is 0 Å². The van der Waals surface area contributed by atoms with Crippen LogP contribution in [0.1, 0.15) is 16.1 Å². The molecule has 0 unspecified atom stereocenters. The quantitative estimate of drug-likeness (QED) is 0.552. The molecular formula is C9H7NO3. The van der Waals surface area contributed by atoms with Crippen LogP contribution in [0.5, 0.6) is 0 Å². The largest absolute Gasteiger partial charge is 0.478 e. The van der Waals surface area contributed by atoms with Gasteiger partial charge in [0.1, 0.15) is 5.69 Å². The molecule has 0 amide bonds. The summed E-state index contributed by atoms with van der Waals surface area (Å²) in [5, 5.41) is 8.31. The lowest BCUT2D eigenvalue weighted by Gasteiger charge is -1.91. The van der Waals surface area contributed by atoms with Gasteiger partial charge < -0.3 is 5.11 Å². The monoisotopic (exact) mass is 177 g/mol. The normalized spacial score (nSPS) is 10.2. The van der Waals surface area contributed by atoms with Crippen molar-refractivity contribution in [1.29, 1.82) is 0 Å². The van der Waals surface area contributed by atoms with E-state index in [1.54, 1.807) is 6.07 Å². The van der Waals surface area contributed by atoms with Crippen molar-refractivity contribution in [3.63, 3.8) is 0 Å². The van der Waals surface area contributed by atoms with Gasteiger partial charge in [0, 0.05) is 12.3 Å². The number of rotatable bonds is 3. The Bertz CT molecular complexity index is 340. The van der Waals surface area contributed by atoms with E-state index in [4.69, 9.17) is 5.11 Å². The van der Waals surface area contributed by atoms with E-state index in [1.807, 2.05) is 0 Å². The van der Waals surface area contributed by atoms with Crippen LogP contribution in [0.4, 0.5) is 0 Å². The molecule has 0 aromatic carbocycles. The Morgan fingerprint density at radius 2 is 2.23 bits per heavy atom. The zero-order valence-electron chi connectivity index (χ0n) is 6.68. The predicted molar refractivity (Wildman–Crippen MR) is 46.3 cm³/mol. The van der Waals surface area contributed by atoms with E-state index in [1.165, 1.54) is 18.3 Å². The Kier molecular flexibility index (Phi) is 2.92. The van der Waals surface area contributed by atoms with Crippen molar-refractivity contribution in [3.8, 4) is 0 Å². The van der Waals surface area contributed by atoms with Crippen molar-refractivity contribution in [2.45, 2.75) is 0 Å². The van der Waals surface area contributed by atoms with Crippen LogP contribution in [0, 0.1) is 0 Å². The number of carboxylic acid groups (broad SMARTS) is 1. The number of carbonyl (C=O) groups excluding carboxylic acids is 1. The van der Waals surface area contributed by atoms with E-state index >= 15 is 0 Å². The summed E-state index contributed by atoms with van der Waals surface area (Å²) in [4.78, 5) is 24.1. The molecule has 13 heavy (non-hydrogen) atoms. The Morgan fingerprint density at radius 1 is 1.46 bits per heavy atom.